The number of carbonyl (C=O) groups is 2. The molecule has 2 rings (SSSR count). The van der Waals surface area contributed by atoms with Crippen molar-refractivity contribution in [3.63, 3.8) is 0 Å². The average Bonchev–Trinajstić information content (AvgIpc) is 3.15. The van der Waals surface area contributed by atoms with Crippen LogP contribution in [0, 0.1) is 11.8 Å². The predicted octanol–water partition coefficient (Wildman–Crippen LogP) is 2.62. The van der Waals surface area contributed by atoms with Gasteiger partial charge in [-0.05, 0) is 30.3 Å². The van der Waals surface area contributed by atoms with Gasteiger partial charge in [0.05, 0.1) is 26.6 Å². The molecule has 1 aromatic carbocycles. The third-order valence-electron chi connectivity index (χ3n) is 4.03. The summed E-state index contributed by atoms with van der Waals surface area (Å²) >= 11 is 0. The third kappa shape index (κ3) is 8.74. The molecule has 0 spiro atoms. The minimum atomic E-state index is -0.655. The number of carbonyl (C=O) groups excluding carboxylic acids is 2. The fraction of sp³-hybridized carbons (Fsp3) is 0.409. The molecule has 8 nitrogen and oxygen atoms in total. The second kappa shape index (κ2) is 12.0. The third-order valence-corrected chi connectivity index (χ3v) is 5.42. The molecular weight excluding hydrogens is 418 g/mol. The summed E-state index contributed by atoms with van der Waals surface area (Å²) in [5.41, 5.74) is 1.37. The Morgan fingerprint density at radius 3 is 2.61 bits per heavy atom. The Hall–Kier alpha value is -2.96. The van der Waals surface area contributed by atoms with Gasteiger partial charge in [-0.1, -0.05) is 36.3 Å². The quantitative estimate of drug-likeness (QED) is 0.361. The summed E-state index contributed by atoms with van der Waals surface area (Å²) in [6.45, 7) is 0.992. The van der Waals surface area contributed by atoms with Gasteiger partial charge in [-0.2, -0.15) is 0 Å². The number of nitrogens with zero attached hydrogens (tertiary/aromatic N) is 2. The van der Waals surface area contributed by atoms with E-state index in [0.29, 0.717) is 6.61 Å². The number of benzene rings is 1. The molecule has 0 atom stereocenters. The molecule has 0 aliphatic heterocycles. The van der Waals surface area contributed by atoms with Crippen LogP contribution in [-0.4, -0.2) is 66.4 Å². The van der Waals surface area contributed by atoms with Crippen LogP contribution in [0.1, 0.15) is 21.7 Å². The lowest BCUT2D eigenvalue weighted by Gasteiger charge is -2.24. The number of ether oxygens (including phenoxy) is 3. The molecule has 0 fully saturated rings. The number of hydrogen-bond donors (Lipinski definition) is 1. The van der Waals surface area contributed by atoms with Crippen molar-refractivity contribution in [3.8, 4) is 11.8 Å². The average molecular weight is 448 g/mol. The van der Waals surface area contributed by atoms with E-state index in [-0.39, 0.29) is 31.3 Å². The highest BCUT2D eigenvalue weighted by molar-refractivity contribution is 8.32. The number of hydrogen-bond acceptors (Lipinski definition) is 6. The van der Waals surface area contributed by atoms with Gasteiger partial charge in [-0.15, -0.1) is 0 Å². The number of rotatable bonds is 9. The Balaban J connectivity index is 1.89. The van der Waals surface area contributed by atoms with E-state index in [1.54, 1.807) is 4.57 Å². The Labute approximate surface area is 184 Å². The number of nitrogens with one attached hydrogen (secondary N) is 1. The van der Waals surface area contributed by atoms with Crippen molar-refractivity contribution in [2.75, 3.05) is 44.8 Å². The van der Waals surface area contributed by atoms with Crippen LogP contribution in [0.2, 0.25) is 0 Å². The number of imidazole rings is 1. The lowest BCUT2D eigenvalue weighted by molar-refractivity contribution is 0.0542. The number of aromatic nitrogens is 2. The highest BCUT2D eigenvalue weighted by atomic mass is 32.3. The topological polar surface area (TPSA) is 91.7 Å². The zero-order valence-corrected chi connectivity index (χ0v) is 19.2. The van der Waals surface area contributed by atoms with E-state index in [9.17, 15) is 9.59 Å². The molecule has 1 amide bonds. The molecule has 168 valence electrons. The van der Waals surface area contributed by atoms with E-state index in [2.05, 4.69) is 40.9 Å². The van der Waals surface area contributed by atoms with Crippen molar-refractivity contribution < 1.29 is 23.8 Å². The summed E-state index contributed by atoms with van der Waals surface area (Å²) in [5.74, 6) is 5.97. The molecule has 1 aromatic heterocycles. The smallest absolute Gasteiger partial charge is 0.408 e. The first-order valence-electron chi connectivity index (χ1n) is 9.61. The fourth-order valence-electron chi connectivity index (χ4n) is 2.37. The van der Waals surface area contributed by atoms with Crippen LogP contribution in [0.3, 0.4) is 0 Å². The van der Waals surface area contributed by atoms with Gasteiger partial charge < -0.3 is 19.5 Å². The molecule has 31 heavy (non-hydrogen) atoms. The number of alkyl carbamates (subject to hydrolysis) is 1. The summed E-state index contributed by atoms with van der Waals surface area (Å²) in [6.07, 6.45) is 7.56. The molecule has 0 aliphatic carbocycles. The van der Waals surface area contributed by atoms with Crippen molar-refractivity contribution in [3.05, 3.63) is 53.6 Å². The lowest BCUT2D eigenvalue weighted by atomic mass is 10.2. The molecule has 0 aliphatic rings. The van der Waals surface area contributed by atoms with E-state index in [0.717, 1.165) is 11.3 Å². The molecular formula is C22H29N3O5S. The van der Waals surface area contributed by atoms with E-state index < -0.39 is 22.1 Å². The molecule has 0 bridgehead atoms. The van der Waals surface area contributed by atoms with Crippen molar-refractivity contribution in [2.45, 2.75) is 13.3 Å². The Morgan fingerprint density at radius 2 is 1.94 bits per heavy atom. The van der Waals surface area contributed by atoms with Gasteiger partial charge in [0.15, 0.2) is 5.69 Å². The summed E-state index contributed by atoms with van der Waals surface area (Å²) in [4.78, 5) is 28.1. The highest BCUT2D eigenvalue weighted by Gasteiger charge is 2.18. The van der Waals surface area contributed by atoms with E-state index >= 15 is 0 Å². The maximum absolute atomic E-state index is 12.2. The van der Waals surface area contributed by atoms with Crippen molar-refractivity contribution >= 4 is 22.1 Å². The highest BCUT2D eigenvalue weighted by Crippen LogP contribution is 2.33. The fourth-order valence-corrected chi connectivity index (χ4v) is 2.99. The van der Waals surface area contributed by atoms with Gasteiger partial charge in [-0.25, -0.2) is 24.6 Å². The predicted molar refractivity (Wildman–Crippen MR) is 121 cm³/mol. The standard InChI is InChI=1S/C22H29N3O5S/c1-28-21(26)20-19(24-16-25(20)17-29-13-14-31(2,3)4)11-8-12-23-22(27)30-15-18-9-6-5-7-10-18/h5-7,9-10,16H,12-15,17H2,1-4H3,(H,23,27). The largest absolute Gasteiger partial charge is 0.464 e. The SMILES string of the molecule is COC(=O)c1c(C#CCNC(=O)OCc2ccccc2)ncn1COCCS(C)(C)C. The molecule has 2 aromatic rings. The zero-order chi connectivity index (χ0) is 22.7. The normalized spacial score (nSPS) is 11.2. The lowest BCUT2D eigenvalue weighted by Crippen LogP contribution is -2.24. The Morgan fingerprint density at radius 1 is 1.19 bits per heavy atom. The van der Waals surface area contributed by atoms with Crippen molar-refractivity contribution in [1.29, 1.82) is 0 Å². The summed E-state index contributed by atoms with van der Waals surface area (Å²) in [5, 5.41) is 2.54. The van der Waals surface area contributed by atoms with E-state index in [1.807, 2.05) is 30.3 Å². The van der Waals surface area contributed by atoms with Crippen LogP contribution in [0.25, 0.3) is 0 Å². The van der Waals surface area contributed by atoms with Crippen LogP contribution < -0.4 is 5.32 Å². The molecule has 9 heteroatoms. The minimum absolute atomic E-state index is 0.0476. The second-order valence-electron chi connectivity index (χ2n) is 7.45. The number of esters is 1. The van der Waals surface area contributed by atoms with Gasteiger partial charge >= 0.3 is 12.1 Å². The van der Waals surface area contributed by atoms with Crippen LogP contribution in [-0.2, 0) is 27.5 Å². The van der Waals surface area contributed by atoms with Crippen LogP contribution >= 0.6 is 10.0 Å². The second-order valence-corrected chi connectivity index (χ2v) is 12.0. The van der Waals surface area contributed by atoms with Crippen molar-refractivity contribution in [1.82, 2.24) is 14.9 Å². The molecule has 0 unspecified atom stereocenters. The number of amides is 1. The van der Waals surface area contributed by atoms with E-state index in [1.165, 1.54) is 13.4 Å². The molecule has 1 N–H and O–H groups in total. The first-order valence-corrected chi connectivity index (χ1v) is 12.6. The maximum atomic E-state index is 12.2. The van der Waals surface area contributed by atoms with Crippen LogP contribution in [0.5, 0.6) is 0 Å². The van der Waals surface area contributed by atoms with Crippen molar-refractivity contribution in [2.24, 2.45) is 0 Å². The minimum Gasteiger partial charge on any atom is -0.464 e. The summed E-state index contributed by atoms with van der Waals surface area (Å²) in [7, 11) is 0.641. The molecule has 0 saturated heterocycles. The summed E-state index contributed by atoms with van der Waals surface area (Å²) in [6, 6.07) is 9.37. The molecule has 1 heterocycles. The first-order chi connectivity index (χ1) is 14.8. The maximum Gasteiger partial charge on any atom is 0.408 e. The van der Waals surface area contributed by atoms with Crippen LogP contribution in [0.15, 0.2) is 36.7 Å². The van der Waals surface area contributed by atoms with E-state index in [4.69, 9.17) is 14.2 Å². The monoisotopic (exact) mass is 447 g/mol. The molecule has 0 saturated carbocycles. The van der Waals surface area contributed by atoms with Gasteiger partial charge in [0.25, 0.3) is 0 Å². The van der Waals surface area contributed by atoms with Crippen LogP contribution in [0.4, 0.5) is 4.79 Å². The van der Waals surface area contributed by atoms with Gasteiger partial charge in [-0.3, -0.25) is 4.57 Å². The zero-order valence-electron chi connectivity index (χ0n) is 18.3. The first kappa shape index (κ1) is 24.3. The van der Waals surface area contributed by atoms with Gasteiger partial charge in [0, 0.05) is 5.75 Å². The number of methoxy groups -OCH3 is 1. The van der Waals surface area contributed by atoms with Gasteiger partial charge in [0.2, 0.25) is 0 Å². The Kier molecular flexibility index (Phi) is 9.43. The molecule has 0 radical (unpaired) electrons. The summed E-state index contributed by atoms with van der Waals surface area (Å²) < 4.78 is 17.2. The van der Waals surface area contributed by atoms with Gasteiger partial charge in [0.1, 0.15) is 19.0 Å². The Bertz CT molecular complexity index is 926.